The van der Waals surface area contributed by atoms with E-state index < -0.39 is 5.60 Å². The second-order valence-corrected chi connectivity index (χ2v) is 8.46. The fraction of sp³-hybridized carbons (Fsp3) is 0.381. The Hall–Kier alpha value is -2.80. The van der Waals surface area contributed by atoms with Crippen molar-refractivity contribution in [3.05, 3.63) is 41.8 Å². The SMILES string of the molecule is CC(C)(C)OC(=O)N1CCN(c2ncnc3[nH]cc(-c4ccccc4Cl)c23)CC1. The Labute approximate surface area is 174 Å². The van der Waals surface area contributed by atoms with Crippen LogP contribution in [0.4, 0.5) is 10.6 Å². The van der Waals surface area contributed by atoms with Crippen molar-refractivity contribution in [3.8, 4) is 11.1 Å². The van der Waals surface area contributed by atoms with Crippen molar-refractivity contribution in [3.63, 3.8) is 0 Å². The number of halogens is 1. The first-order valence-corrected chi connectivity index (χ1v) is 10.0. The number of carbonyl (C=O) groups excluding carboxylic acids is 1. The summed E-state index contributed by atoms with van der Waals surface area (Å²) in [7, 11) is 0. The van der Waals surface area contributed by atoms with Crippen LogP contribution in [0.5, 0.6) is 0 Å². The molecule has 0 bridgehead atoms. The van der Waals surface area contributed by atoms with Gasteiger partial charge < -0.3 is 19.5 Å². The van der Waals surface area contributed by atoms with Gasteiger partial charge in [0.2, 0.25) is 0 Å². The van der Waals surface area contributed by atoms with E-state index >= 15 is 0 Å². The maximum Gasteiger partial charge on any atom is 0.410 e. The van der Waals surface area contributed by atoms with Gasteiger partial charge in [-0.25, -0.2) is 14.8 Å². The summed E-state index contributed by atoms with van der Waals surface area (Å²) in [4.78, 5) is 28.4. The number of anilines is 1. The third kappa shape index (κ3) is 4.00. The Kier molecular flexibility index (Phi) is 5.08. The minimum Gasteiger partial charge on any atom is -0.444 e. The van der Waals surface area contributed by atoms with Crippen LogP contribution in [0, 0.1) is 0 Å². The van der Waals surface area contributed by atoms with Crippen molar-refractivity contribution >= 4 is 34.5 Å². The molecule has 1 aromatic carbocycles. The van der Waals surface area contributed by atoms with Crippen LogP contribution in [0.3, 0.4) is 0 Å². The maximum atomic E-state index is 12.3. The fourth-order valence-corrected chi connectivity index (χ4v) is 3.74. The number of ether oxygens (including phenoxy) is 1. The number of amides is 1. The Morgan fingerprint density at radius 1 is 1.10 bits per heavy atom. The molecule has 0 atom stereocenters. The van der Waals surface area contributed by atoms with Crippen molar-refractivity contribution in [2.24, 2.45) is 0 Å². The molecule has 0 aliphatic carbocycles. The van der Waals surface area contributed by atoms with E-state index in [9.17, 15) is 4.79 Å². The lowest BCUT2D eigenvalue weighted by Crippen LogP contribution is -2.50. The Morgan fingerprint density at radius 3 is 2.52 bits per heavy atom. The summed E-state index contributed by atoms with van der Waals surface area (Å²) >= 11 is 6.43. The number of piperazine rings is 1. The number of aromatic amines is 1. The number of carbonyl (C=O) groups is 1. The maximum absolute atomic E-state index is 12.3. The molecule has 4 rings (SSSR count). The van der Waals surface area contributed by atoms with Crippen LogP contribution < -0.4 is 4.90 Å². The van der Waals surface area contributed by atoms with Crippen LogP contribution in [0.25, 0.3) is 22.2 Å². The molecular weight excluding hydrogens is 390 g/mol. The van der Waals surface area contributed by atoms with Gasteiger partial charge in [0.25, 0.3) is 0 Å². The van der Waals surface area contributed by atoms with Gasteiger partial charge in [-0.3, -0.25) is 0 Å². The van der Waals surface area contributed by atoms with Gasteiger partial charge in [-0.1, -0.05) is 29.8 Å². The van der Waals surface area contributed by atoms with Crippen LogP contribution in [-0.4, -0.2) is 57.7 Å². The number of rotatable bonds is 2. The van der Waals surface area contributed by atoms with E-state index in [2.05, 4.69) is 19.9 Å². The standard InChI is InChI=1S/C21H24ClN5O2/c1-21(2,3)29-20(28)27-10-8-26(9-11-27)19-17-15(12-23-18(17)24-13-25-19)14-6-4-5-7-16(14)22/h4-7,12-13H,8-11H2,1-3H3,(H,23,24,25). The van der Waals surface area contributed by atoms with E-state index in [1.54, 1.807) is 11.2 Å². The Morgan fingerprint density at radius 2 is 1.83 bits per heavy atom. The molecule has 1 aliphatic rings. The second-order valence-electron chi connectivity index (χ2n) is 8.06. The number of nitrogens with zero attached hydrogens (tertiary/aromatic N) is 4. The van der Waals surface area contributed by atoms with Gasteiger partial charge >= 0.3 is 6.09 Å². The van der Waals surface area contributed by atoms with E-state index in [1.165, 1.54) is 0 Å². The van der Waals surface area contributed by atoms with Crippen molar-refractivity contribution < 1.29 is 9.53 Å². The topological polar surface area (TPSA) is 74.3 Å². The number of aromatic nitrogens is 3. The van der Waals surface area contributed by atoms with Crippen LogP contribution in [0.2, 0.25) is 5.02 Å². The number of hydrogen-bond donors (Lipinski definition) is 1. The van der Waals surface area contributed by atoms with Gasteiger partial charge in [0, 0.05) is 48.5 Å². The quantitative estimate of drug-likeness (QED) is 0.676. The fourth-order valence-electron chi connectivity index (χ4n) is 3.51. The van der Waals surface area contributed by atoms with Gasteiger partial charge in [-0.05, 0) is 26.8 Å². The lowest BCUT2D eigenvalue weighted by molar-refractivity contribution is 0.0240. The predicted molar refractivity (Wildman–Crippen MR) is 114 cm³/mol. The van der Waals surface area contributed by atoms with Crippen LogP contribution in [0.15, 0.2) is 36.8 Å². The van der Waals surface area contributed by atoms with Gasteiger partial charge in [0.15, 0.2) is 0 Å². The summed E-state index contributed by atoms with van der Waals surface area (Å²) in [5.41, 5.74) is 2.17. The van der Waals surface area contributed by atoms with Crippen molar-refractivity contribution in [1.29, 1.82) is 0 Å². The molecular formula is C21H24ClN5O2. The molecule has 3 heterocycles. The highest BCUT2D eigenvalue weighted by Crippen LogP contribution is 2.37. The van der Waals surface area contributed by atoms with Crippen molar-refractivity contribution in [1.82, 2.24) is 19.9 Å². The molecule has 1 fully saturated rings. The van der Waals surface area contributed by atoms with E-state index in [0.29, 0.717) is 31.2 Å². The Balaban J connectivity index is 1.61. The highest BCUT2D eigenvalue weighted by molar-refractivity contribution is 6.33. The molecule has 1 aliphatic heterocycles. The number of H-pyrrole nitrogens is 1. The molecule has 7 nitrogen and oxygen atoms in total. The molecule has 152 valence electrons. The first kappa shape index (κ1) is 19.5. The van der Waals surface area contributed by atoms with Gasteiger partial charge in [-0.2, -0.15) is 0 Å². The van der Waals surface area contributed by atoms with Crippen LogP contribution >= 0.6 is 11.6 Å². The van der Waals surface area contributed by atoms with Crippen molar-refractivity contribution in [2.75, 3.05) is 31.1 Å². The highest BCUT2D eigenvalue weighted by Gasteiger charge is 2.28. The van der Waals surface area contributed by atoms with Gasteiger partial charge in [0.05, 0.1) is 5.39 Å². The Bertz CT molecular complexity index is 1030. The summed E-state index contributed by atoms with van der Waals surface area (Å²) < 4.78 is 5.49. The smallest absolute Gasteiger partial charge is 0.410 e. The highest BCUT2D eigenvalue weighted by atomic mass is 35.5. The van der Waals surface area contributed by atoms with E-state index in [1.807, 2.05) is 51.2 Å². The molecule has 0 unspecified atom stereocenters. The van der Waals surface area contributed by atoms with Crippen molar-refractivity contribution in [2.45, 2.75) is 26.4 Å². The first-order chi connectivity index (χ1) is 13.8. The summed E-state index contributed by atoms with van der Waals surface area (Å²) in [5.74, 6) is 0.843. The molecule has 3 aromatic rings. The minimum absolute atomic E-state index is 0.275. The van der Waals surface area contributed by atoms with E-state index in [-0.39, 0.29) is 6.09 Å². The average molecular weight is 414 g/mol. The second kappa shape index (κ2) is 7.55. The third-order valence-corrected chi connectivity index (χ3v) is 5.17. The largest absolute Gasteiger partial charge is 0.444 e. The molecule has 1 saturated heterocycles. The van der Waals surface area contributed by atoms with Gasteiger partial charge in [-0.15, -0.1) is 0 Å². The molecule has 0 radical (unpaired) electrons. The average Bonchev–Trinajstić information content (AvgIpc) is 3.11. The van der Waals surface area contributed by atoms with Crippen LogP contribution in [0.1, 0.15) is 20.8 Å². The summed E-state index contributed by atoms with van der Waals surface area (Å²) in [6.07, 6.45) is 3.20. The molecule has 1 N–H and O–H groups in total. The molecule has 1 amide bonds. The molecule has 2 aromatic heterocycles. The normalized spacial score (nSPS) is 15.0. The van der Waals surface area contributed by atoms with E-state index in [4.69, 9.17) is 16.3 Å². The van der Waals surface area contributed by atoms with E-state index in [0.717, 1.165) is 28.0 Å². The first-order valence-electron chi connectivity index (χ1n) is 9.63. The predicted octanol–water partition coefficient (Wildman–Crippen LogP) is 4.34. The zero-order valence-electron chi connectivity index (χ0n) is 16.8. The molecule has 8 heteroatoms. The lowest BCUT2D eigenvalue weighted by Gasteiger charge is -2.36. The summed E-state index contributed by atoms with van der Waals surface area (Å²) in [6, 6.07) is 7.73. The zero-order valence-corrected chi connectivity index (χ0v) is 17.5. The molecule has 0 saturated carbocycles. The van der Waals surface area contributed by atoms with Gasteiger partial charge in [0.1, 0.15) is 23.4 Å². The minimum atomic E-state index is -0.498. The number of nitrogens with one attached hydrogen (secondary N) is 1. The number of hydrogen-bond acceptors (Lipinski definition) is 5. The molecule has 29 heavy (non-hydrogen) atoms. The summed E-state index contributed by atoms with van der Waals surface area (Å²) in [6.45, 7) is 8.11. The zero-order chi connectivity index (χ0) is 20.6. The van der Waals surface area contributed by atoms with Crippen LogP contribution in [-0.2, 0) is 4.74 Å². The molecule has 0 spiro atoms. The monoisotopic (exact) mass is 413 g/mol. The summed E-state index contributed by atoms with van der Waals surface area (Å²) in [5, 5.41) is 1.62. The number of benzene rings is 1. The third-order valence-electron chi connectivity index (χ3n) is 4.84. The lowest BCUT2D eigenvalue weighted by atomic mass is 10.1. The number of fused-ring (bicyclic) bond motifs is 1.